The number of rotatable bonds is 5. The molecule has 1 N–H and O–H groups in total. The highest BCUT2D eigenvalue weighted by Gasteiger charge is 2.47. The first-order chi connectivity index (χ1) is 9.42. The molecule has 0 aromatic carbocycles. The maximum absolute atomic E-state index is 12.5. The molecule has 0 aromatic heterocycles. The van der Waals surface area contributed by atoms with Crippen molar-refractivity contribution in [3.05, 3.63) is 0 Å². The van der Waals surface area contributed by atoms with Crippen LogP contribution >= 0.6 is 0 Å². The molecule has 0 saturated carbocycles. The Morgan fingerprint density at radius 3 is 2.55 bits per heavy atom. The van der Waals surface area contributed by atoms with Gasteiger partial charge in [0, 0.05) is 13.1 Å². The maximum atomic E-state index is 12.5. The van der Waals surface area contributed by atoms with Crippen LogP contribution in [0.15, 0.2) is 0 Å². The predicted octanol–water partition coefficient (Wildman–Crippen LogP) is 1.02. The first-order valence-corrected chi connectivity index (χ1v) is 7.36. The number of carbonyl (C=O) groups excluding carboxylic acids is 2. The number of hydrogen-bond donors (Lipinski definition) is 1. The van der Waals surface area contributed by atoms with Crippen LogP contribution in [0.3, 0.4) is 0 Å². The molecule has 2 saturated heterocycles. The lowest BCUT2D eigenvalue weighted by atomic mass is 9.92. The van der Waals surface area contributed by atoms with Gasteiger partial charge in [0.2, 0.25) is 0 Å². The van der Waals surface area contributed by atoms with Gasteiger partial charge >= 0.3 is 6.03 Å². The Balaban J connectivity index is 1.96. The van der Waals surface area contributed by atoms with Gasteiger partial charge in [-0.15, -0.1) is 0 Å². The van der Waals surface area contributed by atoms with Gasteiger partial charge in [-0.05, 0) is 25.7 Å². The lowest BCUT2D eigenvalue weighted by molar-refractivity contribution is -0.133. The number of morpholine rings is 1. The smallest absolute Gasteiger partial charge is 0.326 e. The molecule has 2 aliphatic heterocycles. The van der Waals surface area contributed by atoms with E-state index in [1.165, 1.54) is 4.90 Å². The van der Waals surface area contributed by atoms with E-state index in [1.54, 1.807) is 0 Å². The molecule has 3 amide bonds. The zero-order chi connectivity index (χ0) is 14.8. The van der Waals surface area contributed by atoms with E-state index in [-0.39, 0.29) is 11.9 Å². The maximum Gasteiger partial charge on any atom is 0.326 e. The summed E-state index contributed by atoms with van der Waals surface area (Å²) in [4.78, 5) is 28.0. The number of nitrogens with zero attached hydrogens (tertiary/aromatic N) is 2. The summed E-state index contributed by atoms with van der Waals surface area (Å²) >= 11 is 0. The molecule has 2 aliphatic rings. The van der Waals surface area contributed by atoms with Crippen LogP contribution in [0.1, 0.15) is 33.6 Å². The van der Waals surface area contributed by atoms with E-state index >= 15 is 0 Å². The summed E-state index contributed by atoms with van der Waals surface area (Å²) in [7, 11) is 0. The lowest BCUT2D eigenvalue weighted by Gasteiger charge is -2.30. The Morgan fingerprint density at radius 2 is 1.95 bits per heavy atom. The third-order valence-electron chi connectivity index (χ3n) is 4.01. The Bertz CT molecular complexity index is 380. The van der Waals surface area contributed by atoms with Gasteiger partial charge in [0.15, 0.2) is 0 Å². The quantitative estimate of drug-likeness (QED) is 0.765. The van der Waals surface area contributed by atoms with Crippen molar-refractivity contribution in [2.45, 2.75) is 39.2 Å². The number of nitrogens with one attached hydrogen (secondary N) is 1. The van der Waals surface area contributed by atoms with Crippen LogP contribution in [0.2, 0.25) is 0 Å². The van der Waals surface area contributed by atoms with E-state index in [0.717, 1.165) is 19.5 Å². The van der Waals surface area contributed by atoms with Gasteiger partial charge in [0.05, 0.1) is 19.9 Å². The van der Waals surface area contributed by atoms with Crippen LogP contribution in [0, 0.1) is 5.92 Å². The second kappa shape index (κ2) is 6.10. The average Bonchev–Trinajstić information content (AvgIpc) is 2.62. The summed E-state index contributed by atoms with van der Waals surface area (Å²) in [5.41, 5.74) is -0.742. The van der Waals surface area contributed by atoms with Gasteiger partial charge < -0.3 is 10.1 Å². The first kappa shape index (κ1) is 15.3. The monoisotopic (exact) mass is 283 g/mol. The van der Waals surface area contributed by atoms with E-state index in [2.05, 4.69) is 24.1 Å². The molecule has 114 valence electrons. The Hall–Kier alpha value is -1.14. The first-order valence-electron chi connectivity index (χ1n) is 7.36. The molecule has 0 radical (unpaired) electrons. The van der Waals surface area contributed by atoms with Crippen LogP contribution in [0.5, 0.6) is 0 Å². The van der Waals surface area contributed by atoms with E-state index in [9.17, 15) is 9.59 Å². The van der Waals surface area contributed by atoms with Crippen molar-refractivity contribution in [1.29, 1.82) is 0 Å². The standard InChI is InChI=1S/C14H25N3O3/c1-11(2)4-5-14(3)12(18)17(13(19)15-14)10-16-6-8-20-9-7-16/h11H,4-10H2,1-3H3,(H,15,19)/t14-/m0/s1. The molecule has 20 heavy (non-hydrogen) atoms. The molecular weight excluding hydrogens is 258 g/mol. The third kappa shape index (κ3) is 3.30. The zero-order valence-electron chi connectivity index (χ0n) is 12.6. The molecule has 6 nitrogen and oxygen atoms in total. The molecule has 0 bridgehead atoms. The molecule has 6 heteroatoms. The van der Waals surface area contributed by atoms with Gasteiger partial charge in [-0.3, -0.25) is 9.69 Å². The van der Waals surface area contributed by atoms with Gasteiger partial charge in [-0.25, -0.2) is 9.69 Å². The second-order valence-electron chi connectivity index (χ2n) is 6.30. The van der Waals surface area contributed by atoms with Crippen molar-refractivity contribution < 1.29 is 14.3 Å². The zero-order valence-corrected chi connectivity index (χ0v) is 12.6. The number of ether oxygens (including phenoxy) is 1. The highest BCUT2D eigenvalue weighted by Crippen LogP contribution is 2.24. The Labute approximate surface area is 120 Å². The van der Waals surface area contributed by atoms with Gasteiger partial charge in [-0.1, -0.05) is 13.8 Å². The summed E-state index contributed by atoms with van der Waals surface area (Å²) < 4.78 is 5.28. The summed E-state index contributed by atoms with van der Waals surface area (Å²) in [6.45, 7) is 9.29. The molecule has 0 spiro atoms. The van der Waals surface area contributed by atoms with Crippen molar-refractivity contribution in [1.82, 2.24) is 15.1 Å². The predicted molar refractivity (Wildman–Crippen MR) is 75.1 cm³/mol. The van der Waals surface area contributed by atoms with Crippen molar-refractivity contribution >= 4 is 11.9 Å². The van der Waals surface area contributed by atoms with E-state index in [1.807, 2.05) is 6.92 Å². The highest BCUT2D eigenvalue weighted by molar-refractivity contribution is 6.06. The Morgan fingerprint density at radius 1 is 1.30 bits per heavy atom. The molecule has 0 aromatic rings. The van der Waals surface area contributed by atoms with Crippen LogP contribution in [-0.4, -0.2) is 60.2 Å². The number of amides is 3. The number of urea groups is 1. The van der Waals surface area contributed by atoms with Crippen molar-refractivity contribution in [2.75, 3.05) is 33.0 Å². The second-order valence-corrected chi connectivity index (χ2v) is 6.30. The van der Waals surface area contributed by atoms with Gasteiger partial charge in [-0.2, -0.15) is 0 Å². The van der Waals surface area contributed by atoms with Crippen LogP contribution in [-0.2, 0) is 9.53 Å². The summed E-state index contributed by atoms with van der Waals surface area (Å²) in [5.74, 6) is 0.416. The summed E-state index contributed by atoms with van der Waals surface area (Å²) in [6.07, 6.45) is 1.61. The summed E-state index contributed by atoms with van der Waals surface area (Å²) in [5, 5.41) is 2.85. The third-order valence-corrected chi connectivity index (χ3v) is 4.01. The number of imide groups is 1. The minimum absolute atomic E-state index is 0.102. The van der Waals surface area contributed by atoms with Crippen molar-refractivity contribution in [3.8, 4) is 0 Å². The van der Waals surface area contributed by atoms with Crippen molar-refractivity contribution in [3.63, 3.8) is 0 Å². The Kier molecular flexibility index (Phi) is 4.65. The minimum Gasteiger partial charge on any atom is -0.379 e. The largest absolute Gasteiger partial charge is 0.379 e. The van der Waals surface area contributed by atoms with E-state index in [4.69, 9.17) is 4.74 Å². The van der Waals surface area contributed by atoms with Crippen LogP contribution < -0.4 is 5.32 Å². The molecule has 0 aliphatic carbocycles. The van der Waals surface area contributed by atoms with Crippen LogP contribution in [0.25, 0.3) is 0 Å². The molecule has 0 unspecified atom stereocenters. The lowest BCUT2D eigenvalue weighted by Crippen LogP contribution is -2.48. The van der Waals surface area contributed by atoms with Crippen molar-refractivity contribution in [2.24, 2.45) is 5.92 Å². The van der Waals surface area contributed by atoms with Gasteiger partial charge in [0.25, 0.3) is 5.91 Å². The van der Waals surface area contributed by atoms with E-state index < -0.39 is 5.54 Å². The van der Waals surface area contributed by atoms with Gasteiger partial charge in [0.1, 0.15) is 5.54 Å². The van der Waals surface area contributed by atoms with E-state index in [0.29, 0.717) is 32.2 Å². The molecule has 2 heterocycles. The molecule has 2 rings (SSSR count). The SMILES string of the molecule is CC(C)CC[C@]1(C)NC(=O)N(CN2CCOCC2)C1=O. The number of hydrogen-bond acceptors (Lipinski definition) is 4. The molecule has 1 atom stereocenters. The fourth-order valence-electron chi connectivity index (χ4n) is 2.56. The molecular formula is C14H25N3O3. The topological polar surface area (TPSA) is 61.9 Å². The average molecular weight is 283 g/mol. The fraction of sp³-hybridized carbons (Fsp3) is 0.857. The van der Waals surface area contributed by atoms with Crippen LogP contribution in [0.4, 0.5) is 4.79 Å². The summed E-state index contributed by atoms with van der Waals surface area (Å²) in [6, 6.07) is -0.271. The fourth-order valence-corrected chi connectivity index (χ4v) is 2.56. The number of carbonyl (C=O) groups is 2. The normalized spacial score (nSPS) is 28.3. The molecule has 2 fully saturated rings. The minimum atomic E-state index is -0.742. The highest BCUT2D eigenvalue weighted by atomic mass is 16.5.